The molecular formula is C8H12B3FO. The lowest BCUT2D eigenvalue weighted by atomic mass is 9.52. The Balaban J connectivity index is 2.86. The summed E-state index contributed by atoms with van der Waals surface area (Å²) in [6, 6.07) is 4.92. The molecule has 0 aliphatic rings. The number of hydrogen-bond acceptors (Lipinski definition) is 1. The highest BCUT2D eigenvalue weighted by atomic mass is 19.1. The van der Waals surface area contributed by atoms with E-state index in [1.54, 1.807) is 19.1 Å². The molecule has 0 N–H and O–H groups in total. The molecule has 0 saturated heterocycles. The van der Waals surface area contributed by atoms with Crippen molar-refractivity contribution in [3.8, 4) is 5.75 Å². The molecule has 0 saturated carbocycles. The summed E-state index contributed by atoms with van der Waals surface area (Å²) in [5.74, 6) is 0.359. The average Bonchev–Trinajstić information content (AvgIpc) is 1.94. The van der Waals surface area contributed by atoms with Crippen molar-refractivity contribution >= 4 is 23.5 Å². The van der Waals surface area contributed by atoms with Gasteiger partial charge in [0.25, 0.3) is 0 Å². The standard InChI is InChI=1S/C8H12B3FO/c1-5-2-3-6(4-7(5)12)13-8(9,10)11/h2-4H,9-11H2,1H3. The van der Waals surface area contributed by atoms with Gasteiger partial charge in [0.05, 0.1) is 0 Å². The first-order valence-electron chi connectivity index (χ1n) is 4.34. The zero-order valence-electron chi connectivity index (χ0n) is 8.52. The van der Waals surface area contributed by atoms with Gasteiger partial charge >= 0.3 is 0 Å². The molecule has 0 aliphatic carbocycles. The summed E-state index contributed by atoms with van der Waals surface area (Å²) < 4.78 is 18.6. The predicted molar refractivity (Wildman–Crippen MR) is 60.1 cm³/mol. The van der Waals surface area contributed by atoms with E-state index < -0.39 is 0 Å². The predicted octanol–water partition coefficient (Wildman–Crippen LogP) is -0.976. The Hall–Kier alpha value is -0.855. The van der Waals surface area contributed by atoms with Crippen molar-refractivity contribution in [1.29, 1.82) is 0 Å². The molecule has 0 atom stereocenters. The van der Waals surface area contributed by atoms with Crippen molar-refractivity contribution in [3.05, 3.63) is 29.6 Å². The van der Waals surface area contributed by atoms with Crippen LogP contribution in [0.25, 0.3) is 0 Å². The summed E-state index contributed by atoms with van der Waals surface area (Å²) in [5.41, 5.74) is 0.640. The molecule has 0 unspecified atom stereocenters. The van der Waals surface area contributed by atoms with Gasteiger partial charge in [-0.2, -0.15) is 0 Å². The van der Waals surface area contributed by atoms with Crippen LogP contribution in [0.1, 0.15) is 5.56 Å². The lowest BCUT2D eigenvalue weighted by Crippen LogP contribution is -2.37. The topological polar surface area (TPSA) is 9.23 Å². The largest absolute Gasteiger partial charge is 0.514 e. The van der Waals surface area contributed by atoms with E-state index in [4.69, 9.17) is 4.74 Å². The second-order valence-electron chi connectivity index (χ2n) is 4.13. The molecule has 0 fully saturated rings. The Kier molecular flexibility index (Phi) is 2.74. The van der Waals surface area contributed by atoms with Crippen LogP contribution >= 0.6 is 0 Å². The molecular weight excluding hydrogens is 164 g/mol. The summed E-state index contributed by atoms with van der Waals surface area (Å²) in [6.45, 7) is 1.73. The van der Waals surface area contributed by atoms with E-state index in [9.17, 15) is 4.39 Å². The minimum Gasteiger partial charge on any atom is -0.514 e. The quantitative estimate of drug-likeness (QED) is 0.526. The molecule has 1 rings (SSSR count). The maximum atomic E-state index is 13.1. The van der Waals surface area contributed by atoms with Crippen molar-refractivity contribution in [3.63, 3.8) is 0 Å². The van der Waals surface area contributed by atoms with Crippen LogP contribution in [0.2, 0.25) is 0 Å². The van der Waals surface area contributed by atoms with E-state index in [2.05, 4.69) is 0 Å². The Morgan fingerprint density at radius 1 is 1.31 bits per heavy atom. The van der Waals surface area contributed by atoms with Gasteiger partial charge in [0, 0.05) is 11.4 Å². The lowest BCUT2D eigenvalue weighted by molar-refractivity contribution is 0.316. The molecule has 1 aromatic rings. The van der Waals surface area contributed by atoms with Crippen molar-refractivity contribution in [2.45, 2.75) is 12.2 Å². The maximum Gasteiger partial charge on any atom is 0.135 e. The second kappa shape index (κ2) is 3.48. The van der Waals surface area contributed by atoms with Crippen molar-refractivity contribution in [2.24, 2.45) is 0 Å². The summed E-state index contributed by atoms with van der Waals surface area (Å²) in [6.07, 6.45) is 0. The Bertz CT molecular complexity index is 309. The fourth-order valence-corrected chi connectivity index (χ4v) is 0.991. The van der Waals surface area contributed by atoms with Gasteiger partial charge in [-0.1, -0.05) is 6.07 Å². The number of aryl methyl sites for hydroxylation is 1. The van der Waals surface area contributed by atoms with Crippen LogP contribution in [-0.2, 0) is 0 Å². The van der Waals surface area contributed by atoms with Crippen molar-refractivity contribution in [1.82, 2.24) is 0 Å². The summed E-state index contributed by atoms with van der Waals surface area (Å²) in [5, 5.41) is -0.276. The van der Waals surface area contributed by atoms with E-state index in [0.29, 0.717) is 11.3 Å². The minimum absolute atomic E-state index is 0.221. The van der Waals surface area contributed by atoms with Gasteiger partial charge in [-0.15, -0.1) is 0 Å². The van der Waals surface area contributed by atoms with Crippen LogP contribution in [0.4, 0.5) is 4.39 Å². The molecule has 0 aliphatic heterocycles. The van der Waals surface area contributed by atoms with E-state index in [0.717, 1.165) is 0 Å². The highest BCUT2D eigenvalue weighted by Gasteiger charge is 2.12. The summed E-state index contributed by atoms with van der Waals surface area (Å²) in [4.78, 5) is 0. The van der Waals surface area contributed by atoms with Gasteiger partial charge in [0.1, 0.15) is 35.1 Å². The van der Waals surface area contributed by atoms with Gasteiger partial charge < -0.3 is 4.74 Å². The summed E-state index contributed by atoms with van der Waals surface area (Å²) in [7, 11) is 5.81. The highest BCUT2D eigenvalue weighted by Crippen LogP contribution is 2.17. The zero-order valence-corrected chi connectivity index (χ0v) is 8.52. The molecule has 0 amide bonds. The van der Waals surface area contributed by atoms with E-state index in [1.165, 1.54) is 6.07 Å². The van der Waals surface area contributed by atoms with Crippen LogP contribution in [0.5, 0.6) is 5.75 Å². The van der Waals surface area contributed by atoms with Crippen LogP contribution < -0.4 is 4.74 Å². The molecule has 0 radical (unpaired) electrons. The lowest BCUT2D eigenvalue weighted by Gasteiger charge is -2.21. The first-order valence-corrected chi connectivity index (χ1v) is 4.34. The van der Waals surface area contributed by atoms with Gasteiger partial charge in [0.15, 0.2) is 0 Å². The molecule has 0 bridgehead atoms. The smallest absolute Gasteiger partial charge is 0.135 e. The maximum absolute atomic E-state index is 13.1. The average molecular weight is 176 g/mol. The molecule has 5 heteroatoms. The fourth-order valence-electron chi connectivity index (χ4n) is 0.991. The Morgan fingerprint density at radius 3 is 2.38 bits per heavy atom. The number of halogens is 1. The zero-order chi connectivity index (χ0) is 10.1. The SMILES string of the molecule is BC(B)(B)Oc1ccc(C)c(F)c1. The molecule has 1 nitrogen and oxygen atoms in total. The Morgan fingerprint density at radius 2 is 1.92 bits per heavy atom. The van der Waals surface area contributed by atoms with Crippen LogP contribution in [0, 0.1) is 12.7 Å². The van der Waals surface area contributed by atoms with E-state index >= 15 is 0 Å². The van der Waals surface area contributed by atoms with Crippen molar-refractivity contribution < 1.29 is 9.13 Å². The third-order valence-electron chi connectivity index (χ3n) is 1.57. The third kappa shape index (κ3) is 3.17. The molecule has 0 heterocycles. The molecule has 0 aromatic heterocycles. The number of benzene rings is 1. The van der Waals surface area contributed by atoms with Gasteiger partial charge in [-0.25, -0.2) is 4.39 Å². The number of ether oxygens (including phenoxy) is 1. The third-order valence-corrected chi connectivity index (χ3v) is 1.57. The number of hydrogen-bond donors (Lipinski definition) is 0. The first-order chi connectivity index (χ1) is 5.88. The van der Waals surface area contributed by atoms with Gasteiger partial charge in [0.2, 0.25) is 0 Å². The van der Waals surface area contributed by atoms with Gasteiger partial charge in [-0.3, -0.25) is 0 Å². The van der Waals surface area contributed by atoms with E-state index in [1.807, 2.05) is 23.5 Å². The monoisotopic (exact) mass is 176 g/mol. The molecule has 66 valence electrons. The molecule has 0 spiro atoms. The summed E-state index contributed by atoms with van der Waals surface area (Å²) >= 11 is 0. The Labute approximate surface area is 80.9 Å². The van der Waals surface area contributed by atoms with Crippen molar-refractivity contribution in [2.75, 3.05) is 0 Å². The first kappa shape index (κ1) is 10.2. The number of rotatable bonds is 2. The minimum atomic E-state index is -0.276. The highest BCUT2D eigenvalue weighted by molar-refractivity contribution is 6.58. The fraction of sp³-hybridized carbons (Fsp3) is 0.250. The van der Waals surface area contributed by atoms with Crippen LogP contribution in [0.3, 0.4) is 0 Å². The van der Waals surface area contributed by atoms with Crippen LogP contribution in [0.15, 0.2) is 18.2 Å². The second-order valence-corrected chi connectivity index (χ2v) is 4.13. The molecule has 13 heavy (non-hydrogen) atoms. The van der Waals surface area contributed by atoms with E-state index in [-0.39, 0.29) is 11.1 Å². The van der Waals surface area contributed by atoms with Gasteiger partial charge in [-0.05, 0) is 18.6 Å². The van der Waals surface area contributed by atoms with Crippen LogP contribution in [-0.4, -0.2) is 28.8 Å². The normalized spacial score (nSPS) is 11.2. The molecule has 1 aromatic carbocycles.